The van der Waals surface area contributed by atoms with Gasteiger partial charge >= 0.3 is 6.03 Å². The van der Waals surface area contributed by atoms with Gasteiger partial charge in [-0.15, -0.1) is 11.3 Å². The number of phenols is 1. The molecule has 134 valence electrons. The van der Waals surface area contributed by atoms with Crippen LogP contribution in [0.5, 0.6) is 5.75 Å². The maximum Gasteiger partial charge on any atom is 0.315 e. The van der Waals surface area contributed by atoms with Gasteiger partial charge in [-0.1, -0.05) is 12.1 Å². The van der Waals surface area contributed by atoms with E-state index in [2.05, 4.69) is 25.8 Å². The first kappa shape index (κ1) is 16.6. The molecule has 3 aromatic rings. The van der Waals surface area contributed by atoms with Crippen LogP contribution in [0.25, 0.3) is 10.7 Å². The van der Waals surface area contributed by atoms with E-state index in [1.807, 2.05) is 23.6 Å². The maximum atomic E-state index is 12.2. The van der Waals surface area contributed by atoms with Crippen LogP contribution in [0.3, 0.4) is 0 Å². The summed E-state index contributed by atoms with van der Waals surface area (Å²) < 4.78 is 0. The Hall–Kier alpha value is -2.87. The lowest BCUT2D eigenvalue weighted by molar-refractivity contribution is 0.235. The standard InChI is InChI=1S/C18H19N5O2S/c24-14-6-4-11-8-13(5-3-12(11)9-14)20-18(25)19-10-16-21-17(23-22-16)15-2-1-7-26-15/h1-2,4,6-7,9,13,24H,3,5,8,10H2,(H2,19,20,25)(H,21,22,23). The van der Waals surface area contributed by atoms with Gasteiger partial charge in [-0.25, -0.2) is 9.78 Å². The Morgan fingerprint density at radius 3 is 3.12 bits per heavy atom. The van der Waals surface area contributed by atoms with E-state index in [1.165, 1.54) is 5.56 Å². The van der Waals surface area contributed by atoms with Crippen molar-refractivity contribution < 1.29 is 9.90 Å². The minimum absolute atomic E-state index is 0.0865. The average molecular weight is 369 g/mol. The number of fused-ring (bicyclic) bond motifs is 1. The number of benzene rings is 1. The summed E-state index contributed by atoms with van der Waals surface area (Å²) in [5.74, 6) is 1.55. The van der Waals surface area contributed by atoms with Crippen molar-refractivity contribution in [1.82, 2.24) is 25.8 Å². The number of nitrogens with zero attached hydrogens (tertiary/aromatic N) is 2. The highest BCUT2D eigenvalue weighted by atomic mass is 32.1. The number of carbonyl (C=O) groups is 1. The van der Waals surface area contributed by atoms with Crippen LogP contribution in [-0.4, -0.2) is 32.4 Å². The summed E-state index contributed by atoms with van der Waals surface area (Å²) in [5, 5.41) is 24.4. The van der Waals surface area contributed by atoms with E-state index in [1.54, 1.807) is 23.5 Å². The second kappa shape index (κ2) is 7.17. The molecular weight excluding hydrogens is 350 g/mol. The van der Waals surface area contributed by atoms with Crippen molar-refractivity contribution in [3.63, 3.8) is 0 Å². The van der Waals surface area contributed by atoms with Gasteiger partial charge in [0.25, 0.3) is 0 Å². The number of thiophene rings is 1. The van der Waals surface area contributed by atoms with Crippen LogP contribution in [0.15, 0.2) is 35.7 Å². The van der Waals surface area contributed by atoms with Gasteiger partial charge in [-0.2, -0.15) is 5.10 Å². The molecule has 1 aliphatic carbocycles. The van der Waals surface area contributed by atoms with Crippen molar-refractivity contribution in [2.24, 2.45) is 0 Å². The molecule has 0 radical (unpaired) electrons. The Bertz CT molecular complexity index is 906. The molecule has 26 heavy (non-hydrogen) atoms. The molecule has 0 saturated heterocycles. The minimum atomic E-state index is -0.216. The molecule has 0 saturated carbocycles. The monoisotopic (exact) mass is 369 g/mol. The van der Waals surface area contributed by atoms with Gasteiger partial charge in [0.1, 0.15) is 11.6 Å². The van der Waals surface area contributed by atoms with Gasteiger partial charge in [-0.3, -0.25) is 5.10 Å². The molecule has 4 N–H and O–H groups in total. The molecule has 8 heteroatoms. The number of aromatic hydroxyl groups is 1. The Labute approximate surface area is 154 Å². The molecule has 0 aliphatic heterocycles. The van der Waals surface area contributed by atoms with Gasteiger partial charge in [-0.05, 0) is 54.0 Å². The van der Waals surface area contributed by atoms with E-state index in [9.17, 15) is 9.90 Å². The van der Waals surface area contributed by atoms with Crippen LogP contribution in [0.1, 0.15) is 23.4 Å². The molecule has 1 atom stereocenters. The molecule has 2 amide bonds. The number of carbonyl (C=O) groups excluding carboxylic acids is 1. The summed E-state index contributed by atoms with van der Waals surface area (Å²) in [7, 11) is 0. The van der Waals surface area contributed by atoms with E-state index < -0.39 is 0 Å². The van der Waals surface area contributed by atoms with E-state index in [0.717, 1.165) is 29.7 Å². The molecule has 4 rings (SSSR count). The predicted octanol–water partition coefficient (Wildman–Crippen LogP) is 2.60. The largest absolute Gasteiger partial charge is 0.508 e. The second-order valence-electron chi connectivity index (χ2n) is 6.30. The second-order valence-corrected chi connectivity index (χ2v) is 7.25. The van der Waals surface area contributed by atoms with Gasteiger partial charge < -0.3 is 15.7 Å². The zero-order valence-electron chi connectivity index (χ0n) is 14.0. The number of aromatic nitrogens is 3. The molecule has 7 nitrogen and oxygen atoms in total. The van der Waals surface area contributed by atoms with Crippen molar-refractivity contribution >= 4 is 17.4 Å². The zero-order chi connectivity index (χ0) is 17.9. The van der Waals surface area contributed by atoms with Crippen LogP contribution in [0.4, 0.5) is 4.79 Å². The first-order chi connectivity index (χ1) is 12.7. The molecule has 2 aromatic heterocycles. The van der Waals surface area contributed by atoms with Crippen LogP contribution >= 0.6 is 11.3 Å². The predicted molar refractivity (Wildman–Crippen MR) is 99.0 cm³/mol. The summed E-state index contributed by atoms with van der Waals surface area (Å²) in [6.45, 7) is 0.293. The lowest BCUT2D eigenvalue weighted by Crippen LogP contribution is -2.44. The molecule has 1 unspecified atom stereocenters. The van der Waals surface area contributed by atoms with E-state index in [-0.39, 0.29) is 12.1 Å². The fourth-order valence-electron chi connectivity index (χ4n) is 3.16. The number of nitrogens with one attached hydrogen (secondary N) is 3. The number of H-pyrrole nitrogens is 1. The Kier molecular flexibility index (Phi) is 4.57. The normalized spacial score (nSPS) is 16.1. The van der Waals surface area contributed by atoms with E-state index >= 15 is 0 Å². The summed E-state index contributed by atoms with van der Waals surface area (Å²) >= 11 is 1.57. The minimum Gasteiger partial charge on any atom is -0.508 e. The third kappa shape index (κ3) is 3.70. The summed E-state index contributed by atoms with van der Waals surface area (Å²) in [4.78, 5) is 17.5. The Morgan fingerprint density at radius 1 is 1.35 bits per heavy atom. The molecule has 0 fully saturated rings. The van der Waals surface area contributed by atoms with Crippen molar-refractivity contribution in [2.75, 3.05) is 0 Å². The number of urea groups is 1. The number of hydrogen-bond acceptors (Lipinski definition) is 5. The number of aryl methyl sites for hydroxylation is 1. The highest BCUT2D eigenvalue weighted by molar-refractivity contribution is 7.13. The van der Waals surface area contributed by atoms with Crippen molar-refractivity contribution in [1.29, 1.82) is 0 Å². The highest BCUT2D eigenvalue weighted by Gasteiger charge is 2.20. The quantitative estimate of drug-likeness (QED) is 0.567. The fraction of sp³-hybridized carbons (Fsp3) is 0.278. The number of rotatable bonds is 4. The van der Waals surface area contributed by atoms with Crippen LogP contribution in [0, 0.1) is 0 Å². The summed E-state index contributed by atoms with van der Waals surface area (Å²) in [6, 6.07) is 9.20. The lowest BCUT2D eigenvalue weighted by atomic mass is 9.88. The molecule has 0 bridgehead atoms. The lowest BCUT2D eigenvalue weighted by Gasteiger charge is -2.25. The first-order valence-corrected chi connectivity index (χ1v) is 9.35. The molecule has 0 spiro atoms. The third-order valence-electron chi connectivity index (χ3n) is 4.44. The maximum absolute atomic E-state index is 12.2. The van der Waals surface area contributed by atoms with Gasteiger partial charge in [0.15, 0.2) is 5.82 Å². The van der Waals surface area contributed by atoms with Crippen LogP contribution in [-0.2, 0) is 19.4 Å². The SMILES string of the molecule is O=C(NCc1nc(-c2cccs2)n[nH]1)NC1CCc2cc(O)ccc2C1. The van der Waals surface area contributed by atoms with Crippen molar-refractivity contribution in [2.45, 2.75) is 31.8 Å². The van der Waals surface area contributed by atoms with Crippen molar-refractivity contribution in [3.05, 3.63) is 52.7 Å². The van der Waals surface area contributed by atoms with Gasteiger partial charge in [0, 0.05) is 6.04 Å². The summed E-state index contributed by atoms with van der Waals surface area (Å²) in [6.07, 6.45) is 2.48. The van der Waals surface area contributed by atoms with Crippen molar-refractivity contribution in [3.8, 4) is 16.5 Å². The fourth-order valence-corrected chi connectivity index (χ4v) is 3.81. The highest BCUT2D eigenvalue weighted by Crippen LogP contribution is 2.25. The van der Waals surface area contributed by atoms with E-state index in [4.69, 9.17) is 0 Å². The average Bonchev–Trinajstić information content (AvgIpc) is 3.31. The topological polar surface area (TPSA) is 103 Å². The zero-order valence-corrected chi connectivity index (χ0v) is 14.8. The number of phenolic OH excluding ortho intramolecular Hbond substituents is 1. The molecular formula is C18H19N5O2S. The van der Waals surface area contributed by atoms with Crippen LogP contribution in [0.2, 0.25) is 0 Å². The van der Waals surface area contributed by atoms with Gasteiger partial charge in [0.2, 0.25) is 0 Å². The number of amides is 2. The number of aromatic amines is 1. The summed E-state index contributed by atoms with van der Waals surface area (Å²) in [5.41, 5.74) is 2.33. The Balaban J connectivity index is 1.29. The first-order valence-electron chi connectivity index (χ1n) is 8.47. The number of hydrogen-bond donors (Lipinski definition) is 4. The smallest absolute Gasteiger partial charge is 0.315 e. The molecule has 1 aliphatic rings. The van der Waals surface area contributed by atoms with Crippen LogP contribution < -0.4 is 10.6 Å². The third-order valence-corrected chi connectivity index (χ3v) is 5.31. The molecule has 2 heterocycles. The molecule has 1 aromatic carbocycles. The Morgan fingerprint density at radius 2 is 2.27 bits per heavy atom. The van der Waals surface area contributed by atoms with E-state index in [0.29, 0.717) is 23.9 Å². The van der Waals surface area contributed by atoms with Gasteiger partial charge in [0.05, 0.1) is 11.4 Å².